The lowest BCUT2D eigenvalue weighted by Gasteiger charge is -2.25. The Morgan fingerprint density at radius 1 is 1.38 bits per heavy atom. The first-order chi connectivity index (χ1) is 5.98. The molecule has 3 nitrogen and oxygen atoms in total. The Morgan fingerprint density at radius 3 is 2.46 bits per heavy atom. The van der Waals surface area contributed by atoms with Crippen molar-refractivity contribution in [1.29, 1.82) is 0 Å². The molecule has 2 N–H and O–H groups in total. The van der Waals surface area contributed by atoms with Gasteiger partial charge in [-0.3, -0.25) is 0 Å². The molecule has 80 valence electrons. The molecular weight excluding hydrogens is 166 g/mol. The lowest BCUT2D eigenvalue weighted by atomic mass is 10.0. The SMILES string of the molecule is CC(C)OCCNC(C)(C)CCO. The molecule has 0 bridgehead atoms. The second-order valence-corrected chi connectivity index (χ2v) is 4.20. The molecule has 0 amide bonds. The highest BCUT2D eigenvalue weighted by atomic mass is 16.5. The second-order valence-electron chi connectivity index (χ2n) is 4.20. The van der Waals surface area contributed by atoms with Crippen LogP contribution in [0.2, 0.25) is 0 Å². The fourth-order valence-corrected chi connectivity index (χ4v) is 1.05. The van der Waals surface area contributed by atoms with Crippen molar-refractivity contribution in [2.24, 2.45) is 0 Å². The molecule has 0 aliphatic carbocycles. The van der Waals surface area contributed by atoms with Crippen LogP contribution in [0.5, 0.6) is 0 Å². The van der Waals surface area contributed by atoms with Gasteiger partial charge in [-0.2, -0.15) is 0 Å². The van der Waals surface area contributed by atoms with Gasteiger partial charge in [0.2, 0.25) is 0 Å². The zero-order valence-electron chi connectivity index (χ0n) is 9.26. The van der Waals surface area contributed by atoms with Crippen LogP contribution in [0.3, 0.4) is 0 Å². The molecule has 0 radical (unpaired) electrons. The third-order valence-corrected chi connectivity index (χ3v) is 1.89. The summed E-state index contributed by atoms with van der Waals surface area (Å²) in [5.74, 6) is 0. The summed E-state index contributed by atoms with van der Waals surface area (Å²) in [7, 11) is 0. The molecular formula is C10H23NO2. The Bertz CT molecular complexity index is 124. The van der Waals surface area contributed by atoms with Crippen LogP contribution < -0.4 is 5.32 Å². The summed E-state index contributed by atoms with van der Waals surface area (Å²) in [5, 5.41) is 12.1. The number of hydrogen-bond donors (Lipinski definition) is 2. The average molecular weight is 189 g/mol. The molecule has 0 spiro atoms. The molecule has 0 heterocycles. The van der Waals surface area contributed by atoms with E-state index < -0.39 is 0 Å². The largest absolute Gasteiger partial charge is 0.396 e. The highest BCUT2D eigenvalue weighted by Gasteiger charge is 2.14. The van der Waals surface area contributed by atoms with Gasteiger partial charge in [0.1, 0.15) is 0 Å². The molecule has 0 aliphatic heterocycles. The minimum atomic E-state index is 0.00902. The van der Waals surface area contributed by atoms with Gasteiger partial charge in [-0.25, -0.2) is 0 Å². The lowest BCUT2D eigenvalue weighted by Crippen LogP contribution is -2.42. The smallest absolute Gasteiger partial charge is 0.0594 e. The zero-order valence-corrected chi connectivity index (χ0v) is 9.26. The molecule has 0 rings (SSSR count). The summed E-state index contributed by atoms with van der Waals surface area (Å²) < 4.78 is 5.39. The van der Waals surface area contributed by atoms with Crippen molar-refractivity contribution < 1.29 is 9.84 Å². The van der Waals surface area contributed by atoms with E-state index in [0.717, 1.165) is 19.6 Å². The zero-order chi connectivity index (χ0) is 10.3. The number of nitrogens with one attached hydrogen (secondary N) is 1. The first kappa shape index (κ1) is 12.9. The summed E-state index contributed by atoms with van der Waals surface area (Å²) in [6.45, 7) is 10.0. The molecule has 0 aromatic carbocycles. The third kappa shape index (κ3) is 8.22. The van der Waals surface area contributed by atoms with Crippen molar-refractivity contribution in [3.63, 3.8) is 0 Å². The quantitative estimate of drug-likeness (QED) is 0.591. The Hall–Kier alpha value is -0.120. The monoisotopic (exact) mass is 189 g/mol. The van der Waals surface area contributed by atoms with E-state index in [1.54, 1.807) is 0 Å². The van der Waals surface area contributed by atoms with Crippen LogP contribution in [0.4, 0.5) is 0 Å². The Kier molecular flexibility index (Phi) is 6.29. The van der Waals surface area contributed by atoms with Crippen molar-refractivity contribution in [3.05, 3.63) is 0 Å². The first-order valence-electron chi connectivity index (χ1n) is 4.95. The van der Waals surface area contributed by atoms with E-state index in [0.29, 0.717) is 6.10 Å². The fraction of sp³-hybridized carbons (Fsp3) is 1.00. The molecule has 3 heteroatoms. The Balaban J connectivity index is 3.40. The normalized spacial score (nSPS) is 12.5. The summed E-state index contributed by atoms with van der Waals surface area (Å²) in [6.07, 6.45) is 1.07. The van der Waals surface area contributed by atoms with Gasteiger partial charge in [0, 0.05) is 18.7 Å². The number of ether oxygens (including phenoxy) is 1. The molecule has 0 fully saturated rings. The lowest BCUT2D eigenvalue weighted by molar-refractivity contribution is 0.0756. The molecule has 0 atom stereocenters. The minimum Gasteiger partial charge on any atom is -0.396 e. The van der Waals surface area contributed by atoms with E-state index in [1.165, 1.54) is 0 Å². The number of aliphatic hydroxyl groups excluding tert-OH is 1. The second kappa shape index (κ2) is 6.35. The minimum absolute atomic E-state index is 0.00902. The van der Waals surface area contributed by atoms with Crippen LogP contribution in [0, 0.1) is 0 Å². The molecule has 0 saturated carbocycles. The van der Waals surface area contributed by atoms with Gasteiger partial charge in [-0.15, -0.1) is 0 Å². The number of hydrogen-bond acceptors (Lipinski definition) is 3. The average Bonchev–Trinajstić information content (AvgIpc) is 1.98. The van der Waals surface area contributed by atoms with Crippen molar-refractivity contribution in [1.82, 2.24) is 5.32 Å². The van der Waals surface area contributed by atoms with Crippen LogP contribution in [0.1, 0.15) is 34.1 Å². The molecule has 0 aromatic rings. The van der Waals surface area contributed by atoms with E-state index >= 15 is 0 Å². The van der Waals surface area contributed by atoms with E-state index in [-0.39, 0.29) is 12.1 Å². The van der Waals surface area contributed by atoms with Crippen LogP contribution >= 0.6 is 0 Å². The van der Waals surface area contributed by atoms with Crippen molar-refractivity contribution in [2.75, 3.05) is 19.8 Å². The van der Waals surface area contributed by atoms with E-state index in [1.807, 2.05) is 13.8 Å². The molecule has 0 aliphatic rings. The van der Waals surface area contributed by atoms with Crippen LogP contribution in [0.15, 0.2) is 0 Å². The predicted octanol–water partition coefficient (Wildman–Crippen LogP) is 1.16. The summed E-state index contributed by atoms with van der Waals surface area (Å²) >= 11 is 0. The van der Waals surface area contributed by atoms with Gasteiger partial charge in [0.05, 0.1) is 12.7 Å². The van der Waals surface area contributed by atoms with Gasteiger partial charge < -0.3 is 15.2 Å². The van der Waals surface area contributed by atoms with Gasteiger partial charge >= 0.3 is 0 Å². The van der Waals surface area contributed by atoms with Crippen molar-refractivity contribution in [3.8, 4) is 0 Å². The molecule has 13 heavy (non-hydrogen) atoms. The predicted molar refractivity (Wildman–Crippen MR) is 54.9 cm³/mol. The topological polar surface area (TPSA) is 41.5 Å². The third-order valence-electron chi connectivity index (χ3n) is 1.89. The molecule has 0 saturated heterocycles. The van der Waals surface area contributed by atoms with Gasteiger partial charge in [0.25, 0.3) is 0 Å². The summed E-state index contributed by atoms with van der Waals surface area (Å²) in [5.41, 5.74) is 0.00902. The first-order valence-corrected chi connectivity index (χ1v) is 4.95. The Labute approximate surface area is 81.5 Å². The van der Waals surface area contributed by atoms with Crippen molar-refractivity contribution >= 4 is 0 Å². The van der Waals surface area contributed by atoms with E-state index in [4.69, 9.17) is 9.84 Å². The maximum absolute atomic E-state index is 8.78. The maximum Gasteiger partial charge on any atom is 0.0594 e. The summed E-state index contributed by atoms with van der Waals surface area (Å²) in [4.78, 5) is 0. The van der Waals surface area contributed by atoms with Gasteiger partial charge in [-0.05, 0) is 34.1 Å². The van der Waals surface area contributed by atoms with Crippen LogP contribution in [-0.4, -0.2) is 36.5 Å². The highest BCUT2D eigenvalue weighted by molar-refractivity contribution is 4.76. The fourth-order valence-electron chi connectivity index (χ4n) is 1.05. The van der Waals surface area contributed by atoms with Crippen LogP contribution in [-0.2, 0) is 4.74 Å². The Morgan fingerprint density at radius 2 is 2.00 bits per heavy atom. The summed E-state index contributed by atoms with van der Waals surface area (Å²) in [6, 6.07) is 0. The van der Waals surface area contributed by atoms with Crippen LogP contribution in [0.25, 0.3) is 0 Å². The highest BCUT2D eigenvalue weighted by Crippen LogP contribution is 2.06. The molecule has 0 unspecified atom stereocenters. The van der Waals surface area contributed by atoms with E-state index in [2.05, 4.69) is 19.2 Å². The molecule has 0 aromatic heterocycles. The standard InChI is InChI=1S/C10H23NO2/c1-9(2)13-8-6-11-10(3,4)5-7-12/h9,11-12H,5-8H2,1-4H3. The van der Waals surface area contributed by atoms with E-state index in [9.17, 15) is 0 Å². The maximum atomic E-state index is 8.78. The van der Waals surface area contributed by atoms with Gasteiger partial charge in [0.15, 0.2) is 0 Å². The van der Waals surface area contributed by atoms with Crippen molar-refractivity contribution in [2.45, 2.75) is 45.8 Å². The number of aliphatic hydroxyl groups is 1. The van der Waals surface area contributed by atoms with Gasteiger partial charge in [-0.1, -0.05) is 0 Å². The number of rotatable bonds is 7.